The monoisotopic (exact) mass is 318 g/mol. The van der Waals surface area contributed by atoms with Gasteiger partial charge < -0.3 is 5.32 Å². The average Bonchev–Trinajstić information content (AvgIpc) is 2.37. The van der Waals surface area contributed by atoms with Crippen molar-refractivity contribution in [3.63, 3.8) is 0 Å². The Kier molecular flexibility index (Phi) is 9.06. The van der Waals surface area contributed by atoms with Gasteiger partial charge in [-0.25, -0.2) is 0 Å². The third-order valence-corrected chi connectivity index (χ3v) is 3.61. The molecule has 1 unspecified atom stereocenters. The maximum absolute atomic E-state index is 12.1. The summed E-state index contributed by atoms with van der Waals surface area (Å²) in [5.74, 6) is 0.254. The molecule has 0 aliphatic carbocycles. The number of halogens is 2. The van der Waals surface area contributed by atoms with E-state index in [1.165, 1.54) is 0 Å². The molecule has 0 amide bonds. The van der Waals surface area contributed by atoms with Gasteiger partial charge in [0.05, 0.1) is 0 Å². The lowest BCUT2D eigenvalue weighted by Gasteiger charge is -2.33. The molecule has 5 heteroatoms. The zero-order valence-corrected chi connectivity index (χ0v) is 13.7. The molecule has 1 fully saturated rings. The Morgan fingerprint density at radius 1 is 1.40 bits per heavy atom. The molecule has 1 atom stereocenters. The highest BCUT2D eigenvalue weighted by Crippen LogP contribution is 2.09. The maximum atomic E-state index is 12.1. The molecule has 1 aliphatic rings. The molecular formula is C15H24Cl2N2O. The molecule has 1 N–H and O–H groups in total. The highest BCUT2D eigenvalue weighted by molar-refractivity contribution is 5.96. The molecule has 0 radical (unpaired) electrons. The summed E-state index contributed by atoms with van der Waals surface area (Å²) in [6.45, 7) is 8.21. The van der Waals surface area contributed by atoms with Crippen LogP contribution >= 0.6 is 24.8 Å². The summed E-state index contributed by atoms with van der Waals surface area (Å²) in [5.41, 5.74) is 1.99. The maximum Gasteiger partial charge on any atom is 0.164 e. The van der Waals surface area contributed by atoms with Gasteiger partial charge >= 0.3 is 0 Å². The number of aryl methyl sites for hydroxylation is 1. The van der Waals surface area contributed by atoms with Gasteiger partial charge in [-0.2, -0.15) is 0 Å². The van der Waals surface area contributed by atoms with E-state index in [0.29, 0.717) is 12.5 Å². The van der Waals surface area contributed by atoms with Crippen LogP contribution in [0.1, 0.15) is 29.3 Å². The van der Waals surface area contributed by atoms with Gasteiger partial charge in [0.25, 0.3) is 0 Å². The van der Waals surface area contributed by atoms with Crippen molar-refractivity contribution < 1.29 is 4.79 Å². The fraction of sp³-hybridized carbons (Fsp3) is 0.533. The standard InChI is InChI=1S/C15H22N2O.2ClH/c1-12-4-3-5-14(10-12)15(18)6-8-17-9-7-16-11-13(17)2;;/h3-5,10,13,16H,6-9,11H2,1-2H3;2*1H. The molecule has 20 heavy (non-hydrogen) atoms. The van der Waals surface area contributed by atoms with Gasteiger partial charge in [-0.1, -0.05) is 23.8 Å². The number of nitrogens with one attached hydrogen (secondary N) is 1. The third kappa shape index (κ3) is 5.41. The van der Waals surface area contributed by atoms with Crippen LogP contribution in [-0.4, -0.2) is 42.9 Å². The summed E-state index contributed by atoms with van der Waals surface area (Å²) in [6, 6.07) is 8.40. The van der Waals surface area contributed by atoms with Crippen LogP contribution in [0.4, 0.5) is 0 Å². The lowest BCUT2D eigenvalue weighted by atomic mass is 10.1. The average molecular weight is 319 g/mol. The van der Waals surface area contributed by atoms with Gasteiger partial charge in [-0.3, -0.25) is 9.69 Å². The van der Waals surface area contributed by atoms with Gasteiger partial charge in [-0.05, 0) is 19.9 Å². The van der Waals surface area contributed by atoms with E-state index in [2.05, 4.69) is 17.1 Å². The molecule has 0 spiro atoms. The fourth-order valence-electron chi connectivity index (χ4n) is 2.42. The van der Waals surface area contributed by atoms with E-state index >= 15 is 0 Å². The van der Waals surface area contributed by atoms with Crippen LogP contribution in [-0.2, 0) is 0 Å². The van der Waals surface area contributed by atoms with Crippen LogP contribution < -0.4 is 5.32 Å². The second-order valence-corrected chi connectivity index (χ2v) is 5.13. The Bertz CT molecular complexity index is 426. The first kappa shape index (κ1) is 19.4. The molecule has 1 aromatic rings. The second kappa shape index (κ2) is 9.35. The second-order valence-electron chi connectivity index (χ2n) is 5.13. The number of rotatable bonds is 4. The lowest BCUT2D eigenvalue weighted by molar-refractivity contribution is 0.0942. The Balaban J connectivity index is 0.00000180. The van der Waals surface area contributed by atoms with Crippen molar-refractivity contribution in [1.29, 1.82) is 0 Å². The van der Waals surface area contributed by atoms with Gasteiger partial charge in [0.15, 0.2) is 5.78 Å². The lowest BCUT2D eigenvalue weighted by Crippen LogP contribution is -2.50. The predicted molar refractivity (Wildman–Crippen MR) is 88.5 cm³/mol. The number of carbonyl (C=O) groups is 1. The highest BCUT2D eigenvalue weighted by atomic mass is 35.5. The van der Waals surface area contributed by atoms with E-state index in [9.17, 15) is 4.79 Å². The van der Waals surface area contributed by atoms with E-state index in [0.717, 1.165) is 37.3 Å². The summed E-state index contributed by atoms with van der Waals surface area (Å²) in [6.07, 6.45) is 0.619. The van der Waals surface area contributed by atoms with Crippen molar-refractivity contribution in [2.75, 3.05) is 26.2 Å². The SMILES string of the molecule is Cc1cccc(C(=O)CCN2CCNCC2C)c1.Cl.Cl. The van der Waals surface area contributed by atoms with Gasteiger partial charge in [-0.15, -0.1) is 24.8 Å². The Hall–Kier alpha value is -0.610. The highest BCUT2D eigenvalue weighted by Gasteiger charge is 2.18. The molecule has 3 nitrogen and oxygen atoms in total. The summed E-state index contributed by atoms with van der Waals surface area (Å²) in [7, 11) is 0. The van der Waals surface area contributed by atoms with Crippen LogP contribution in [0.3, 0.4) is 0 Å². The van der Waals surface area contributed by atoms with Crippen molar-refractivity contribution in [3.8, 4) is 0 Å². The third-order valence-electron chi connectivity index (χ3n) is 3.61. The normalized spacial score (nSPS) is 18.8. The first-order valence-corrected chi connectivity index (χ1v) is 6.71. The minimum atomic E-state index is 0. The number of Topliss-reactive ketones (excluding diaryl/α,β-unsaturated/α-hetero) is 1. The molecule has 1 aromatic carbocycles. The van der Waals surface area contributed by atoms with E-state index in [-0.39, 0.29) is 30.6 Å². The molecule has 0 saturated carbocycles. The van der Waals surface area contributed by atoms with E-state index < -0.39 is 0 Å². The number of ketones is 1. The number of benzene rings is 1. The molecule has 1 heterocycles. The van der Waals surface area contributed by atoms with Crippen molar-refractivity contribution in [2.45, 2.75) is 26.3 Å². The van der Waals surface area contributed by atoms with Crippen molar-refractivity contribution in [2.24, 2.45) is 0 Å². The number of carbonyl (C=O) groups excluding carboxylic acids is 1. The van der Waals surface area contributed by atoms with Crippen molar-refractivity contribution >= 4 is 30.6 Å². The number of nitrogens with zero attached hydrogens (tertiary/aromatic N) is 1. The summed E-state index contributed by atoms with van der Waals surface area (Å²) in [5, 5.41) is 3.36. The molecule has 1 aliphatic heterocycles. The first-order valence-electron chi connectivity index (χ1n) is 6.71. The quantitative estimate of drug-likeness (QED) is 0.866. The molecule has 114 valence electrons. The number of piperazine rings is 1. The topological polar surface area (TPSA) is 32.3 Å². The molecule has 0 aromatic heterocycles. The van der Waals surface area contributed by atoms with Crippen LogP contribution in [0, 0.1) is 6.92 Å². The minimum absolute atomic E-state index is 0. The smallest absolute Gasteiger partial charge is 0.164 e. The minimum Gasteiger partial charge on any atom is -0.314 e. The zero-order chi connectivity index (χ0) is 13.0. The Labute approximate surface area is 133 Å². The van der Waals surface area contributed by atoms with Crippen molar-refractivity contribution in [3.05, 3.63) is 35.4 Å². The Morgan fingerprint density at radius 2 is 2.15 bits per heavy atom. The summed E-state index contributed by atoms with van der Waals surface area (Å²) in [4.78, 5) is 14.5. The van der Waals surface area contributed by atoms with Gasteiger partial charge in [0.1, 0.15) is 0 Å². The van der Waals surface area contributed by atoms with Gasteiger partial charge in [0.2, 0.25) is 0 Å². The van der Waals surface area contributed by atoms with E-state index in [4.69, 9.17) is 0 Å². The largest absolute Gasteiger partial charge is 0.314 e. The van der Waals surface area contributed by atoms with E-state index in [1.807, 2.05) is 31.2 Å². The van der Waals surface area contributed by atoms with Crippen molar-refractivity contribution in [1.82, 2.24) is 10.2 Å². The molecule has 1 saturated heterocycles. The molecular weight excluding hydrogens is 295 g/mol. The van der Waals surface area contributed by atoms with Crippen LogP contribution in [0.15, 0.2) is 24.3 Å². The summed E-state index contributed by atoms with van der Waals surface area (Å²) < 4.78 is 0. The van der Waals surface area contributed by atoms with Gasteiger partial charge in [0, 0.05) is 44.2 Å². The van der Waals surface area contributed by atoms with Crippen LogP contribution in [0.25, 0.3) is 0 Å². The van der Waals surface area contributed by atoms with Crippen LogP contribution in [0.2, 0.25) is 0 Å². The van der Waals surface area contributed by atoms with Crippen LogP contribution in [0.5, 0.6) is 0 Å². The molecule has 2 rings (SSSR count). The Morgan fingerprint density at radius 3 is 2.80 bits per heavy atom. The fourth-order valence-corrected chi connectivity index (χ4v) is 2.42. The van der Waals surface area contributed by atoms with E-state index in [1.54, 1.807) is 0 Å². The molecule has 0 bridgehead atoms. The number of hydrogen-bond donors (Lipinski definition) is 1. The first-order chi connectivity index (χ1) is 8.66. The predicted octanol–water partition coefficient (Wildman–Crippen LogP) is 2.71. The number of hydrogen-bond acceptors (Lipinski definition) is 3. The summed E-state index contributed by atoms with van der Waals surface area (Å²) >= 11 is 0. The zero-order valence-electron chi connectivity index (χ0n) is 12.1.